The van der Waals surface area contributed by atoms with Crippen molar-refractivity contribution in [1.82, 2.24) is 0 Å². The highest BCUT2D eigenvalue weighted by Crippen LogP contribution is 2.73. The smallest absolute Gasteiger partial charge is 0.123 e. The van der Waals surface area contributed by atoms with E-state index in [1.54, 1.807) is 11.1 Å². The molecule has 50 heavy (non-hydrogen) atoms. The van der Waals surface area contributed by atoms with E-state index < -0.39 is 0 Å². The lowest BCUT2D eigenvalue weighted by atomic mass is 9.40. The Bertz CT molecular complexity index is 1380. The highest BCUT2D eigenvalue weighted by atomic mass is 16.3. The predicted molar refractivity (Wildman–Crippen MR) is 202 cm³/mol. The molecular formula is C49H68O. The molecule has 1 aromatic carbocycles. The summed E-state index contributed by atoms with van der Waals surface area (Å²) >= 11 is 0. The first kappa shape index (κ1) is 30.4. The van der Waals surface area contributed by atoms with Gasteiger partial charge in [-0.25, -0.2) is 0 Å². The number of benzene rings is 1. The van der Waals surface area contributed by atoms with Crippen molar-refractivity contribution in [3.05, 3.63) is 27.8 Å². The number of aromatic hydroxyl groups is 1. The standard InChI is InChI=1S/C49H68O/c1-27(2)40-41(46-15-28-3-29(16-46)5-30(4-28)17-46)43(48-21-34-9-35(22-48)11-36(10-34)23-48)45(50)44(49-24-37-12-38(25-49)14-39(13-37)26-49)42(40)47-18-31-6-32(19-47)8-33(7-31)20-47/h27-39,50H,3-26H2,1-2H3. The first-order valence-corrected chi connectivity index (χ1v) is 23.1. The summed E-state index contributed by atoms with van der Waals surface area (Å²) in [5.74, 6) is 12.9. The number of hydrogen-bond donors (Lipinski definition) is 1. The molecule has 16 fully saturated rings. The van der Waals surface area contributed by atoms with Gasteiger partial charge >= 0.3 is 0 Å². The van der Waals surface area contributed by atoms with Gasteiger partial charge in [0.1, 0.15) is 5.75 Å². The average molecular weight is 673 g/mol. The third kappa shape index (κ3) is 3.94. The van der Waals surface area contributed by atoms with E-state index in [2.05, 4.69) is 13.8 Å². The van der Waals surface area contributed by atoms with E-state index in [0.717, 1.165) is 76.8 Å². The van der Waals surface area contributed by atoms with Gasteiger partial charge in [-0.05, 0) is 259 Å². The van der Waals surface area contributed by atoms with Crippen molar-refractivity contribution < 1.29 is 5.11 Å². The van der Waals surface area contributed by atoms with Crippen molar-refractivity contribution in [3.63, 3.8) is 0 Å². The van der Waals surface area contributed by atoms with Gasteiger partial charge in [0, 0.05) is 22.0 Å². The highest BCUT2D eigenvalue weighted by molar-refractivity contribution is 5.67. The summed E-state index contributed by atoms with van der Waals surface area (Å²) < 4.78 is 0. The molecule has 16 aliphatic carbocycles. The first-order chi connectivity index (χ1) is 24.2. The molecule has 17 rings (SSSR count). The lowest BCUT2D eigenvalue weighted by Gasteiger charge is -2.64. The van der Waals surface area contributed by atoms with Crippen molar-refractivity contribution in [2.75, 3.05) is 0 Å². The molecule has 16 bridgehead atoms. The minimum absolute atomic E-state index is 0.262. The molecular weight excluding hydrogens is 605 g/mol. The number of phenolic OH excluding ortho intramolecular Hbond substituents is 1. The summed E-state index contributed by atoms with van der Waals surface area (Å²) in [6.45, 7) is 5.35. The SMILES string of the molecule is CC(C)c1c(C23CC4CC(CC(C4)C2)C3)c(C23CC4CC(CC(C4)C2)C3)c(O)c(C23CC4CC(CC(C4)C2)C3)c1C12CC3CC(CC(C3)C1)C2. The third-order valence-electron chi connectivity index (χ3n) is 20.4. The van der Waals surface area contributed by atoms with E-state index in [1.807, 2.05) is 16.7 Å². The molecule has 270 valence electrons. The maximum absolute atomic E-state index is 14.2. The van der Waals surface area contributed by atoms with Gasteiger partial charge in [0.05, 0.1) is 0 Å². The molecule has 0 aromatic heterocycles. The zero-order valence-electron chi connectivity index (χ0n) is 31.9. The maximum Gasteiger partial charge on any atom is 0.123 e. The molecule has 1 N–H and O–H groups in total. The fraction of sp³-hybridized carbons (Fsp3) is 0.878. The fourth-order valence-electron chi connectivity index (χ4n) is 21.1. The largest absolute Gasteiger partial charge is 0.507 e. The van der Waals surface area contributed by atoms with Crippen LogP contribution < -0.4 is 0 Å². The first-order valence-electron chi connectivity index (χ1n) is 23.1. The summed E-state index contributed by atoms with van der Waals surface area (Å²) in [4.78, 5) is 0. The molecule has 0 aliphatic heterocycles. The lowest BCUT2D eigenvalue weighted by molar-refractivity contribution is -0.0248. The Balaban J connectivity index is 1.15. The van der Waals surface area contributed by atoms with Gasteiger partial charge < -0.3 is 5.11 Å². The molecule has 0 saturated heterocycles. The van der Waals surface area contributed by atoms with Crippen molar-refractivity contribution in [2.24, 2.45) is 71.0 Å². The molecule has 0 heterocycles. The summed E-state index contributed by atoms with van der Waals surface area (Å²) in [5.41, 5.74) is 10.4. The van der Waals surface area contributed by atoms with Crippen LogP contribution in [0.4, 0.5) is 0 Å². The van der Waals surface area contributed by atoms with Crippen molar-refractivity contribution in [2.45, 2.75) is 196 Å². The van der Waals surface area contributed by atoms with Crippen molar-refractivity contribution in [3.8, 4) is 5.75 Å². The second-order valence-corrected chi connectivity index (χ2v) is 24.2. The second kappa shape index (κ2) is 9.81. The van der Waals surface area contributed by atoms with Crippen molar-refractivity contribution in [1.29, 1.82) is 0 Å². The molecule has 1 aromatic rings. The molecule has 1 heteroatoms. The van der Waals surface area contributed by atoms with Gasteiger partial charge in [-0.3, -0.25) is 0 Å². The van der Waals surface area contributed by atoms with Crippen LogP contribution in [0.5, 0.6) is 5.75 Å². The van der Waals surface area contributed by atoms with Gasteiger partial charge in [-0.2, -0.15) is 0 Å². The Morgan fingerprint density at radius 1 is 0.340 bits per heavy atom. The zero-order chi connectivity index (χ0) is 32.9. The predicted octanol–water partition coefficient (Wildman–Crippen LogP) is 12.4. The molecule has 0 atom stereocenters. The fourth-order valence-corrected chi connectivity index (χ4v) is 21.1. The van der Waals surface area contributed by atoms with E-state index in [1.165, 1.54) is 154 Å². The third-order valence-corrected chi connectivity index (χ3v) is 20.4. The lowest BCUT2D eigenvalue weighted by Crippen LogP contribution is -2.55. The quantitative estimate of drug-likeness (QED) is 0.330. The molecule has 0 unspecified atom stereocenters. The van der Waals surface area contributed by atoms with Crippen LogP contribution in [0.3, 0.4) is 0 Å². The minimum atomic E-state index is 0.262. The van der Waals surface area contributed by atoms with Crippen LogP contribution in [-0.2, 0) is 21.7 Å². The van der Waals surface area contributed by atoms with Crippen LogP contribution in [0.25, 0.3) is 0 Å². The van der Waals surface area contributed by atoms with Crippen molar-refractivity contribution >= 4 is 0 Å². The van der Waals surface area contributed by atoms with Crippen LogP contribution in [-0.4, -0.2) is 5.11 Å². The monoisotopic (exact) mass is 673 g/mol. The molecule has 16 saturated carbocycles. The van der Waals surface area contributed by atoms with Gasteiger partial charge in [0.15, 0.2) is 0 Å². The number of phenols is 1. The number of rotatable bonds is 5. The average Bonchev–Trinajstić information content (AvgIpc) is 3.01. The summed E-state index contributed by atoms with van der Waals surface area (Å²) in [6.07, 6.45) is 35.5. The Labute approximate surface area is 304 Å². The Morgan fingerprint density at radius 2 is 0.520 bits per heavy atom. The van der Waals surface area contributed by atoms with Gasteiger partial charge in [0.25, 0.3) is 0 Å². The van der Waals surface area contributed by atoms with E-state index in [4.69, 9.17) is 0 Å². The molecule has 0 spiro atoms. The van der Waals surface area contributed by atoms with E-state index in [-0.39, 0.29) is 10.8 Å². The topological polar surface area (TPSA) is 20.2 Å². The molecule has 0 radical (unpaired) electrons. The molecule has 1 nitrogen and oxygen atoms in total. The Hall–Kier alpha value is -0.980. The summed E-state index contributed by atoms with van der Waals surface area (Å²) in [6, 6.07) is 0. The number of hydrogen-bond acceptors (Lipinski definition) is 1. The van der Waals surface area contributed by atoms with Crippen LogP contribution >= 0.6 is 0 Å². The molecule has 16 aliphatic rings. The Kier molecular flexibility index (Phi) is 5.96. The normalized spacial score (nSPS) is 55.7. The van der Waals surface area contributed by atoms with E-state index in [0.29, 0.717) is 16.7 Å². The van der Waals surface area contributed by atoms with Crippen LogP contribution in [0, 0.1) is 71.0 Å². The van der Waals surface area contributed by atoms with Crippen LogP contribution in [0.2, 0.25) is 0 Å². The molecule has 0 amide bonds. The second-order valence-electron chi connectivity index (χ2n) is 24.2. The summed E-state index contributed by atoms with van der Waals surface area (Å²) in [7, 11) is 0. The maximum atomic E-state index is 14.2. The van der Waals surface area contributed by atoms with Crippen LogP contribution in [0.1, 0.15) is 202 Å². The van der Waals surface area contributed by atoms with E-state index >= 15 is 0 Å². The van der Waals surface area contributed by atoms with Gasteiger partial charge in [0.2, 0.25) is 0 Å². The summed E-state index contributed by atoms with van der Waals surface area (Å²) in [5, 5.41) is 14.2. The van der Waals surface area contributed by atoms with Crippen LogP contribution in [0.15, 0.2) is 0 Å². The Morgan fingerprint density at radius 3 is 0.700 bits per heavy atom. The van der Waals surface area contributed by atoms with Gasteiger partial charge in [-0.1, -0.05) is 13.8 Å². The zero-order valence-corrected chi connectivity index (χ0v) is 31.9. The highest BCUT2D eigenvalue weighted by Gasteiger charge is 2.63. The van der Waals surface area contributed by atoms with Gasteiger partial charge in [-0.15, -0.1) is 0 Å². The minimum Gasteiger partial charge on any atom is -0.507 e. The van der Waals surface area contributed by atoms with E-state index in [9.17, 15) is 5.11 Å².